The fourth-order valence-electron chi connectivity index (χ4n) is 4.45. The highest BCUT2D eigenvalue weighted by molar-refractivity contribution is 6.31. The first-order chi connectivity index (χ1) is 20.5. The van der Waals surface area contributed by atoms with Crippen molar-refractivity contribution in [3.63, 3.8) is 0 Å². The van der Waals surface area contributed by atoms with E-state index in [1.807, 2.05) is 0 Å². The third-order valence-corrected chi connectivity index (χ3v) is 6.71. The number of carbonyl (C=O) groups is 2. The monoisotopic (exact) mass is 624 g/mol. The molecule has 1 aliphatic rings. The molecule has 43 heavy (non-hydrogen) atoms. The van der Waals surface area contributed by atoms with E-state index in [-0.39, 0.29) is 46.2 Å². The number of pyridine rings is 1. The van der Waals surface area contributed by atoms with Crippen LogP contribution in [0.1, 0.15) is 22.8 Å². The molecule has 0 aliphatic carbocycles. The minimum atomic E-state index is -4.60. The summed E-state index contributed by atoms with van der Waals surface area (Å²) < 4.78 is 66.2. The molecule has 1 saturated heterocycles. The fourth-order valence-corrected chi connectivity index (χ4v) is 4.62. The van der Waals surface area contributed by atoms with Gasteiger partial charge in [-0.2, -0.15) is 13.2 Å². The smallest absolute Gasteiger partial charge is 0.422 e. The lowest BCUT2D eigenvalue weighted by atomic mass is 10.0. The number of methoxy groups -OCH3 is 2. The molecule has 14 heteroatoms. The van der Waals surface area contributed by atoms with Crippen LogP contribution in [0.15, 0.2) is 59.5 Å². The molecule has 0 radical (unpaired) electrons. The van der Waals surface area contributed by atoms with E-state index >= 15 is 0 Å². The molecule has 10 nitrogen and oxygen atoms in total. The number of anilines is 1. The number of alkyl halides is 3. The molecule has 230 valence electrons. The molecule has 1 fully saturated rings. The minimum absolute atomic E-state index is 0.0472. The molecule has 2 atom stereocenters. The molecule has 0 bridgehead atoms. The number of hydrogen-bond donors (Lipinski definition) is 1. The molecule has 1 aliphatic heterocycles. The minimum Gasteiger partial charge on any atom is -0.495 e. The maximum absolute atomic E-state index is 13.6. The first-order valence-corrected chi connectivity index (χ1v) is 13.3. The molecular weight excluding hydrogens is 597 g/mol. The van der Waals surface area contributed by atoms with E-state index < -0.39 is 42.4 Å². The number of carbonyl (C=O) groups excluding carboxylic acids is 2. The third kappa shape index (κ3) is 8.27. The number of halogens is 4. The van der Waals surface area contributed by atoms with Crippen LogP contribution in [-0.2, 0) is 19.0 Å². The van der Waals surface area contributed by atoms with E-state index in [2.05, 4.69) is 10.1 Å². The van der Waals surface area contributed by atoms with Gasteiger partial charge in [-0.25, -0.2) is 4.79 Å². The number of nitrogens with zero attached hydrogens (tertiary/aromatic N) is 1. The van der Waals surface area contributed by atoms with Crippen molar-refractivity contribution in [2.45, 2.75) is 24.7 Å². The van der Waals surface area contributed by atoms with E-state index in [0.717, 1.165) is 10.6 Å². The highest BCUT2D eigenvalue weighted by atomic mass is 35.5. The molecule has 1 aromatic heterocycles. The second-order valence-electron chi connectivity index (χ2n) is 9.42. The SMILES string of the molecule is COC(=O)c1ccc(NC(=O)C(CC2COCCO2)n2cc(OC)c(-c3cc(Cl)ccc3OCC(F)(F)F)cc2=O)cc1. The molecule has 1 N–H and O–H groups in total. The Morgan fingerprint density at radius 3 is 2.42 bits per heavy atom. The zero-order valence-electron chi connectivity index (χ0n) is 23.1. The Labute approximate surface area is 249 Å². The van der Waals surface area contributed by atoms with Gasteiger partial charge in [0.25, 0.3) is 5.56 Å². The molecule has 2 unspecified atom stereocenters. The maximum atomic E-state index is 13.6. The van der Waals surface area contributed by atoms with Crippen LogP contribution in [0.4, 0.5) is 18.9 Å². The molecule has 1 amide bonds. The Kier molecular flexibility index (Phi) is 10.3. The van der Waals surface area contributed by atoms with Gasteiger partial charge in [0, 0.05) is 34.3 Å². The van der Waals surface area contributed by atoms with E-state index in [1.165, 1.54) is 62.9 Å². The van der Waals surface area contributed by atoms with Crippen LogP contribution >= 0.6 is 11.6 Å². The maximum Gasteiger partial charge on any atom is 0.422 e. The lowest BCUT2D eigenvalue weighted by Gasteiger charge is -2.28. The van der Waals surface area contributed by atoms with Gasteiger partial charge in [0.15, 0.2) is 6.61 Å². The average Bonchev–Trinajstić information content (AvgIpc) is 2.99. The largest absolute Gasteiger partial charge is 0.495 e. The predicted octanol–water partition coefficient (Wildman–Crippen LogP) is 4.89. The molecule has 2 aromatic carbocycles. The normalized spacial score (nSPS) is 15.8. The standard InChI is InChI=1S/C29H28ClF3N2O8/c1-39-25-14-35(26(36)13-22(25)21-11-18(30)5-8-24(21)43-16-29(31,32)33)23(12-20-15-41-9-10-42-20)27(37)34-19-6-3-17(4-7-19)28(38)40-2/h3-8,11,13-14,20,23H,9-10,12,15-16H2,1-2H3,(H,34,37). The van der Waals surface area contributed by atoms with Gasteiger partial charge in [0.2, 0.25) is 5.91 Å². The average molecular weight is 625 g/mol. The molecule has 0 saturated carbocycles. The summed E-state index contributed by atoms with van der Waals surface area (Å²) in [5.41, 5.74) is 0.175. The van der Waals surface area contributed by atoms with Crippen LogP contribution < -0.4 is 20.3 Å². The topological polar surface area (TPSA) is 114 Å². The first-order valence-electron chi connectivity index (χ1n) is 13.0. The number of rotatable bonds is 10. The van der Waals surface area contributed by atoms with E-state index in [0.29, 0.717) is 18.9 Å². The number of esters is 1. The predicted molar refractivity (Wildman–Crippen MR) is 150 cm³/mol. The fraction of sp³-hybridized carbons (Fsp3) is 0.345. The lowest BCUT2D eigenvalue weighted by molar-refractivity contribution is -0.153. The van der Waals surface area contributed by atoms with Crippen molar-refractivity contribution in [3.05, 3.63) is 75.7 Å². The number of hydrogen-bond acceptors (Lipinski definition) is 8. The van der Waals surface area contributed by atoms with Crippen molar-refractivity contribution in [1.29, 1.82) is 0 Å². The highest BCUT2D eigenvalue weighted by Crippen LogP contribution is 2.38. The van der Waals surface area contributed by atoms with Crippen LogP contribution in [0, 0.1) is 0 Å². The zero-order chi connectivity index (χ0) is 31.1. The summed E-state index contributed by atoms with van der Waals surface area (Å²) in [6.45, 7) is -0.668. The highest BCUT2D eigenvalue weighted by Gasteiger charge is 2.31. The van der Waals surface area contributed by atoms with Crippen molar-refractivity contribution in [2.24, 2.45) is 0 Å². The Balaban J connectivity index is 1.71. The number of benzene rings is 2. The van der Waals surface area contributed by atoms with Crippen molar-refractivity contribution in [3.8, 4) is 22.6 Å². The van der Waals surface area contributed by atoms with Gasteiger partial charge in [0.05, 0.1) is 51.9 Å². The Morgan fingerprint density at radius 1 is 1.07 bits per heavy atom. The Morgan fingerprint density at radius 2 is 1.79 bits per heavy atom. The summed E-state index contributed by atoms with van der Waals surface area (Å²) >= 11 is 6.13. The molecular formula is C29H28ClF3N2O8. The van der Waals surface area contributed by atoms with Gasteiger partial charge >= 0.3 is 12.1 Å². The third-order valence-electron chi connectivity index (χ3n) is 6.47. The van der Waals surface area contributed by atoms with Crippen molar-refractivity contribution in [2.75, 3.05) is 46.0 Å². The van der Waals surface area contributed by atoms with Crippen LogP contribution in [0.5, 0.6) is 11.5 Å². The summed E-state index contributed by atoms with van der Waals surface area (Å²) in [6.07, 6.45) is -3.78. The van der Waals surface area contributed by atoms with Crippen LogP contribution in [-0.4, -0.2) is 69.4 Å². The van der Waals surface area contributed by atoms with Gasteiger partial charge in [-0.1, -0.05) is 11.6 Å². The first kappa shape index (κ1) is 31.9. The second kappa shape index (κ2) is 13.9. The molecule has 2 heterocycles. The van der Waals surface area contributed by atoms with Crippen molar-refractivity contribution in [1.82, 2.24) is 4.57 Å². The van der Waals surface area contributed by atoms with Gasteiger partial charge < -0.3 is 29.0 Å². The van der Waals surface area contributed by atoms with Gasteiger partial charge in [-0.3, -0.25) is 14.2 Å². The second-order valence-corrected chi connectivity index (χ2v) is 9.86. The summed E-state index contributed by atoms with van der Waals surface area (Å²) in [5, 5.41) is 2.93. The number of nitrogens with one attached hydrogen (secondary N) is 1. The van der Waals surface area contributed by atoms with Crippen molar-refractivity contribution < 1.29 is 46.4 Å². The van der Waals surface area contributed by atoms with Gasteiger partial charge in [0.1, 0.15) is 17.5 Å². The quantitative estimate of drug-likeness (QED) is 0.317. The van der Waals surface area contributed by atoms with E-state index in [1.54, 1.807) is 0 Å². The number of amides is 1. The number of ether oxygens (including phenoxy) is 5. The molecule has 3 aromatic rings. The lowest BCUT2D eigenvalue weighted by Crippen LogP contribution is -2.38. The molecule has 4 rings (SSSR count). The van der Waals surface area contributed by atoms with Crippen LogP contribution in [0.25, 0.3) is 11.1 Å². The molecule has 0 spiro atoms. The summed E-state index contributed by atoms with van der Waals surface area (Å²) in [6, 6.07) is 9.95. The van der Waals surface area contributed by atoms with Gasteiger partial charge in [-0.15, -0.1) is 0 Å². The van der Waals surface area contributed by atoms with Gasteiger partial charge in [-0.05, 0) is 42.5 Å². The van der Waals surface area contributed by atoms with E-state index in [4.69, 9.17) is 30.5 Å². The van der Waals surface area contributed by atoms with Crippen molar-refractivity contribution >= 4 is 29.2 Å². The zero-order valence-corrected chi connectivity index (χ0v) is 23.9. The van der Waals surface area contributed by atoms with Crippen LogP contribution in [0.3, 0.4) is 0 Å². The Hall–Kier alpha value is -4.07. The summed E-state index contributed by atoms with van der Waals surface area (Å²) in [7, 11) is 2.56. The number of aromatic nitrogens is 1. The summed E-state index contributed by atoms with van der Waals surface area (Å²) in [4.78, 5) is 38.9. The Bertz CT molecular complexity index is 1510. The summed E-state index contributed by atoms with van der Waals surface area (Å²) in [5.74, 6) is -1.22. The van der Waals surface area contributed by atoms with E-state index in [9.17, 15) is 27.6 Å². The van der Waals surface area contributed by atoms with Crippen LogP contribution in [0.2, 0.25) is 5.02 Å².